The highest BCUT2D eigenvalue weighted by Gasteiger charge is 2.29. The first-order chi connectivity index (χ1) is 10.5. The van der Waals surface area contributed by atoms with Crippen molar-refractivity contribution in [1.29, 1.82) is 0 Å². The van der Waals surface area contributed by atoms with Crippen molar-refractivity contribution >= 4 is 16.9 Å². The molecule has 0 radical (unpaired) electrons. The Morgan fingerprint density at radius 1 is 1.45 bits per heavy atom. The van der Waals surface area contributed by atoms with E-state index in [-0.39, 0.29) is 11.6 Å². The van der Waals surface area contributed by atoms with Gasteiger partial charge in [0.25, 0.3) is 5.91 Å². The van der Waals surface area contributed by atoms with Crippen LogP contribution in [0, 0.1) is 5.82 Å². The van der Waals surface area contributed by atoms with E-state index >= 15 is 0 Å². The molecule has 2 aromatic rings. The molecule has 3 N–H and O–H groups in total. The van der Waals surface area contributed by atoms with Gasteiger partial charge in [-0.2, -0.15) is 0 Å². The van der Waals surface area contributed by atoms with Crippen molar-refractivity contribution in [3.8, 4) is 0 Å². The molecule has 1 fully saturated rings. The number of likely N-dealkylation sites (tertiary alicyclic amines) is 1. The van der Waals surface area contributed by atoms with Gasteiger partial charge in [-0.25, -0.2) is 9.37 Å². The molecule has 1 aromatic carbocycles. The van der Waals surface area contributed by atoms with Gasteiger partial charge in [-0.3, -0.25) is 9.69 Å². The van der Waals surface area contributed by atoms with E-state index in [0.717, 1.165) is 25.2 Å². The van der Waals surface area contributed by atoms with Crippen LogP contribution in [-0.4, -0.2) is 33.4 Å². The number of amides is 1. The number of fused-ring (bicyclic) bond motifs is 1. The normalized spacial score (nSPS) is 19.9. The quantitative estimate of drug-likeness (QED) is 0.915. The van der Waals surface area contributed by atoms with Crippen molar-refractivity contribution in [3.05, 3.63) is 29.3 Å². The number of benzene rings is 1. The Morgan fingerprint density at radius 2 is 2.23 bits per heavy atom. The highest BCUT2D eigenvalue weighted by Crippen LogP contribution is 2.32. The van der Waals surface area contributed by atoms with Crippen LogP contribution in [0.25, 0.3) is 11.0 Å². The maximum Gasteiger partial charge on any atom is 0.253 e. The van der Waals surface area contributed by atoms with E-state index < -0.39 is 11.7 Å². The average Bonchev–Trinajstić information content (AvgIpc) is 2.90. The van der Waals surface area contributed by atoms with E-state index in [0.29, 0.717) is 17.1 Å². The van der Waals surface area contributed by atoms with Gasteiger partial charge in [0, 0.05) is 6.04 Å². The van der Waals surface area contributed by atoms with E-state index in [4.69, 9.17) is 5.73 Å². The van der Waals surface area contributed by atoms with Gasteiger partial charge in [-0.1, -0.05) is 6.42 Å². The molecule has 0 spiro atoms. The number of nitrogens with two attached hydrogens (primary N) is 1. The summed E-state index contributed by atoms with van der Waals surface area (Å²) in [4.78, 5) is 21.7. The zero-order valence-electron chi connectivity index (χ0n) is 12.9. The number of piperidine rings is 1. The van der Waals surface area contributed by atoms with Crippen LogP contribution in [-0.2, 0) is 0 Å². The summed E-state index contributed by atoms with van der Waals surface area (Å²) in [5.41, 5.74) is 6.15. The number of nitrogens with one attached hydrogen (secondary N) is 1. The molecule has 0 saturated carbocycles. The maximum absolute atomic E-state index is 13.9. The number of imidazole rings is 1. The fourth-order valence-corrected chi connectivity index (χ4v) is 3.33. The number of hydrogen-bond donors (Lipinski definition) is 2. The number of aromatic amines is 1. The lowest BCUT2D eigenvalue weighted by atomic mass is 10.00. The van der Waals surface area contributed by atoms with Crippen LogP contribution >= 0.6 is 0 Å². The Balaban J connectivity index is 2.08. The predicted molar refractivity (Wildman–Crippen MR) is 83.0 cm³/mol. The SMILES string of the molecule is CC(C)N1CCCCC1c1nc2c(C(N)=O)c(F)ccc2[nH]1. The van der Waals surface area contributed by atoms with Crippen molar-refractivity contribution in [1.82, 2.24) is 14.9 Å². The lowest BCUT2D eigenvalue weighted by molar-refractivity contribution is 0.0997. The molecule has 0 aliphatic carbocycles. The summed E-state index contributed by atoms with van der Waals surface area (Å²) >= 11 is 0. The van der Waals surface area contributed by atoms with Crippen molar-refractivity contribution in [2.45, 2.75) is 45.2 Å². The van der Waals surface area contributed by atoms with E-state index in [1.54, 1.807) is 6.07 Å². The van der Waals surface area contributed by atoms with Gasteiger partial charge in [0.2, 0.25) is 0 Å². The standard InChI is InChI=1S/C16H21FN4O/c1-9(2)21-8-4-3-5-12(21)16-19-11-7-6-10(17)13(15(18)22)14(11)20-16/h6-7,9,12H,3-5,8H2,1-2H3,(H2,18,22)(H,19,20). The first-order valence-electron chi connectivity index (χ1n) is 7.72. The van der Waals surface area contributed by atoms with Crippen LogP contribution in [0.15, 0.2) is 12.1 Å². The second-order valence-corrected chi connectivity index (χ2v) is 6.15. The summed E-state index contributed by atoms with van der Waals surface area (Å²) < 4.78 is 13.9. The average molecular weight is 304 g/mol. The van der Waals surface area contributed by atoms with Gasteiger partial charge in [0.1, 0.15) is 22.7 Å². The Labute approximate surface area is 128 Å². The topological polar surface area (TPSA) is 75.0 Å². The third kappa shape index (κ3) is 2.47. The molecule has 22 heavy (non-hydrogen) atoms. The summed E-state index contributed by atoms with van der Waals surface area (Å²) in [7, 11) is 0. The van der Waals surface area contributed by atoms with Crippen LogP contribution in [0.3, 0.4) is 0 Å². The molecule has 6 heteroatoms. The van der Waals surface area contributed by atoms with Crippen LogP contribution in [0.5, 0.6) is 0 Å². The maximum atomic E-state index is 13.9. The van der Waals surface area contributed by atoms with Crippen LogP contribution < -0.4 is 5.73 Å². The molecule has 5 nitrogen and oxygen atoms in total. The fourth-order valence-electron chi connectivity index (χ4n) is 3.33. The lowest BCUT2D eigenvalue weighted by Crippen LogP contribution is -2.38. The number of hydrogen-bond acceptors (Lipinski definition) is 3. The third-order valence-corrected chi connectivity index (χ3v) is 4.39. The number of aromatic nitrogens is 2. The minimum atomic E-state index is -0.787. The molecule has 2 heterocycles. The molecule has 1 atom stereocenters. The molecule has 1 aliphatic heterocycles. The summed E-state index contributed by atoms with van der Waals surface area (Å²) in [6.07, 6.45) is 3.32. The van der Waals surface area contributed by atoms with E-state index in [9.17, 15) is 9.18 Å². The lowest BCUT2D eigenvalue weighted by Gasteiger charge is -2.37. The summed E-state index contributed by atoms with van der Waals surface area (Å²) in [6, 6.07) is 3.44. The van der Waals surface area contributed by atoms with Gasteiger partial charge < -0.3 is 10.7 Å². The Hall–Kier alpha value is -1.95. The predicted octanol–water partition coefficient (Wildman–Crippen LogP) is 2.74. The van der Waals surface area contributed by atoms with Gasteiger partial charge in [-0.15, -0.1) is 0 Å². The third-order valence-electron chi connectivity index (χ3n) is 4.39. The number of nitrogens with zero attached hydrogens (tertiary/aromatic N) is 2. The number of rotatable bonds is 3. The van der Waals surface area contributed by atoms with E-state index in [1.165, 1.54) is 12.5 Å². The number of carbonyl (C=O) groups excluding carboxylic acids is 1. The molecule has 0 bridgehead atoms. The highest BCUT2D eigenvalue weighted by atomic mass is 19.1. The second-order valence-electron chi connectivity index (χ2n) is 6.15. The van der Waals surface area contributed by atoms with Crippen LogP contribution in [0.4, 0.5) is 4.39 Å². The van der Waals surface area contributed by atoms with Crippen molar-refractivity contribution in [2.75, 3.05) is 6.54 Å². The molecule has 3 rings (SSSR count). The van der Waals surface area contributed by atoms with Crippen molar-refractivity contribution < 1.29 is 9.18 Å². The molecular formula is C16H21FN4O. The molecule has 118 valence electrons. The van der Waals surface area contributed by atoms with E-state index in [2.05, 4.69) is 28.7 Å². The van der Waals surface area contributed by atoms with Gasteiger partial charge >= 0.3 is 0 Å². The van der Waals surface area contributed by atoms with Crippen LogP contribution in [0.1, 0.15) is 55.3 Å². The summed E-state index contributed by atoms with van der Waals surface area (Å²) in [6.45, 7) is 5.35. The van der Waals surface area contributed by atoms with Crippen molar-refractivity contribution in [2.24, 2.45) is 5.73 Å². The Bertz CT molecular complexity index is 709. The summed E-state index contributed by atoms with van der Waals surface area (Å²) in [5, 5.41) is 0. The molecule has 1 aliphatic rings. The molecule has 1 aromatic heterocycles. The highest BCUT2D eigenvalue weighted by molar-refractivity contribution is 6.04. The van der Waals surface area contributed by atoms with E-state index in [1.807, 2.05) is 0 Å². The van der Waals surface area contributed by atoms with Gasteiger partial charge in [-0.05, 0) is 45.4 Å². The monoisotopic (exact) mass is 304 g/mol. The second kappa shape index (κ2) is 5.68. The number of H-pyrrole nitrogens is 1. The minimum absolute atomic E-state index is 0.132. The van der Waals surface area contributed by atoms with Crippen LogP contribution in [0.2, 0.25) is 0 Å². The Morgan fingerprint density at radius 3 is 2.91 bits per heavy atom. The number of carbonyl (C=O) groups is 1. The zero-order valence-corrected chi connectivity index (χ0v) is 12.9. The largest absolute Gasteiger partial charge is 0.365 e. The smallest absolute Gasteiger partial charge is 0.253 e. The fraction of sp³-hybridized carbons (Fsp3) is 0.500. The molecular weight excluding hydrogens is 283 g/mol. The first-order valence-corrected chi connectivity index (χ1v) is 7.72. The molecule has 1 amide bonds. The first kappa shape index (κ1) is 15.0. The van der Waals surface area contributed by atoms with Crippen molar-refractivity contribution in [3.63, 3.8) is 0 Å². The molecule has 1 unspecified atom stereocenters. The van der Waals surface area contributed by atoms with Gasteiger partial charge in [0.15, 0.2) is 0 Å². The summed E-state index contributed by atoms with van der Waals surface area (Å²) in [5.74, 6) is -0.621. The minimum Gasteiger partial charge on any atom is -0.365 e. The molecule has 1 saturated heterocycles. The zero-order chi connectivity index (χ0) is 15.9. The number of primary amides is 1. The number of halogens is 1. The van der Waals surface area contributed by atoms with Gasteiger partial charge in [0.05, 0.1) is 11.6 Å². The Kier molecular flexibility index (Phi) is 3.87.